The molecule has 1 aromatic rings. The Morgan fingerprint density at radius 3 is 2.21 bits per heavy atom. The van der Waals surface area contributed by atoms with Crippen molar-refractivity contribution in [3.63, 3.8) is 0 Å². The van der Waals surface area contributed by atoms with Crippen LogP contribution >= 0.6 is 15.9 Å². The Morgan fingerprint density at radius 1 is 1.26 bits per heavy atom. The van der Waals surface area contributed by atoms with Gasteiger partial charge in [0.05, 0.1) is 5.69 Å². The second-order valence-corrected chi connectivity index (χ2v) is 3.72. The molecule has 0 aliphatic rings. The fourth-order valence-electron chi connectivity index (χ4n) is 1.25. The van der Waals surface area contributed by atoms with Crippen LogP contribution in [0.2, 0.25) is 0 Å². The van der Waals surface area contributed by atoms with Gasteiger partial charge >= 0.3 is 12.5 Å². The lowest BCUT2D eigenvalue weighted by molar-refractivity contribution is -0.276. The van der Waals surface area contributed by atoms with Crippen LogP contribution in [0, 0.1) is 0 Å². The lowest BCUT2D eigenvalue weighted by Gasteiger charge is -2.18. The van der Waals surface area contributed by atoms with E-state index in [9.17, 15) is 31.1 Å². The van der Waals surface area contributed by atoms with E-state index in [-0.39, 0.29) is 6.29 Å². The average molecular weight is 352 g/mol. The zero-order valence-corrected chi connectivity index (χ0v) is 10.4. The molecular weight excluding hydrogens is 348 g/mol. The highest BCUT2D eigenvalue weighted by molar-refractivity contribution is 9.08. The molecule has 0 unspecified atom stereocenters. The van der Waals surface area contributed by atoms with Crippen LogP contribution in [0.1, 0.15) is 21.6 Å². The van der Waals surface area contributed by atoms with Crippen LogP contribution in [0.25, 0.3) is 0 Å². The molecule has 106 valence electrons. The largest absolute Gasteiger partial charge is 0.573 e. The number of aldehydes is 1. The first-order chi connectivity index (χ1) is 8.60. The van der Waals surface area contributed by atoms with Crippen LogP contribution < -0.4 is 4.74 Å². The molecular formula is C9H4BrF6NO2. The van der Waals surface area contributed by atoms with Crippen molar-refractivity contribution in [3.05, 3.63) is 23.0 Å². The summed E-state index contributed by atoms with van der Waals surface area (Å²) in [5.74, 6) is -1.53. The maximum Gasteiger partial charge on any atom is 0.573 e. The Balaban J connectivity index is 3.57. The SMILES string of the molecule is O=Cc1cnc(CBr)c(OC(F)(F)F)c1C(F)(F)F. The van der Waals surface area contributed by atoms with Crippen LogP contribution in [-0.4, -0.2) is 17.6 Å². The van der Waals surface area contributed by atoms with Gasteiger partial charge in [0.15, 0.2) is 12.0 Å². The molecule has 19 heavy (non-hydrogen) atoms. The molecule has 0 saturated carbocycles. The molecule has 0 amide bonds. The van der Waals surface area contributed by atoms with E-state index in [4.69, 9.17) is 0 Å². The third-order valence-electron chi connectivity index (χ3n) is 1.89. The summed E-state index contributed by atoms with van der Waals surface area (Å²) in [5.41, 5.74) is -3.45. The van der Waals surface area contributed by atoms with Crippen molar-refractivity contribution in [2.75, 3.05) is 0 Å². The van der Waals surface area contributed by atoms with Crippen LogP contribution in [0.4, 0.5) is 26.3 Å². The summed E-state index contributed by atoms with van der Waals surface area (Å²) in [4.78, 5) is 13.8. The van der Waals surface area contributed by atoms with Crippen molar-refractivity contribution in [2.45, 2.75) is 17.9 Å². The second kappa shape index (κ2) is 5.35. The van der Waals surface area contributed by atoms with Crippen LogP contribution in [0.3, 0.4) is 0 Å². The molecule has 0 N–H and O–H groups in total. The van der Waals surface area contributed by atoms with Gasteiger partial charge in [0.1, 0.15) is 5.56 Å². The first-order valence-corrected chi connectivity index (χ1v) is 5.58. The predicted molar refractivity (Wildman–Crippen MR) is 53.9 cm³/mol. The highest BCUT2D eigenvalue weighted by atomic mass is 79.9. The van der Waals surface area contributed by atoms with Gasteiger partial charge in [-0.15, -0.1) is 13.2 Å². The van der Waals surface area contributed by atoms with E-state index >= 15 is 0 Å². The minimum absolute atomic E-state index is 0.239. The number of carbonyl (C=O) groups excluding carboxylic acids is 1. The Labute approximate surface area is 110 Å². The number of halogens is 7. The topological polar surface area (TPSA) is 39.2 Å². The van der Waals surface area contributed by atoms with Crippen LogP contribution in [0.15, 0.2) is 6.20 Å². The molecule has 0 aromatic carbocycles. The average Bonchev–Trinajstić information content (AvgIpc) is 2.24. The van der Waals surface area contributed by atoms with E-state index in [0.717, 1.165) is 0 Å². The maximum absolute atomic E-state index is 12.7. The lowest BCUT2D eigenvalue weighted by Crippen LogP contribution is -2.23. The molecule has 0 aliphatic heterocycles. The van der Waals surface area contributed by atoms with E-state index < -0.39 is 40.4 Å². The fraction of sp³-hybridized carbons (Fsp3) is 0.333. The Bertz CT molecular complexity index is 485. The maximum atomic E-state index is 12.7. The van der Waals surface area contributed by atoms with Crippen molar-refractivity contribution >= 4 is 22.2 Å². The number of alkyl halides is 7. The van der Waals surface area contributed by atoms with Gasteiger partial charge in [-0.1, -0.05) is 15.9 Å². The van der Waals surface area contributed by atoms with Crippen molar-refractivity contribution in [1.29, 1.82) is 0 Å². The number of pyridine rings is 1. The van der Waals surface area contributed by atoms with Gasteiger partial charge in [-0.05, 0) is 0 Å². The van der Waals surface area contributed by atoms with Crippen molar-refractivity contribution < 1.29 is 35.9 Å². The van der Waals surface area contributed by atoms with Gasteiger partial charge in [0.25, 0.3) is 0 Å². The zero-order chi connectivity index (χ0) is 14.8. The summed E-state index contributed by atoms with van der Waals surface area (Å²) in [6.07, 6.45) is -10.2. The smallest absolute Gasteiger partial charge is 0.403 e. The monoisotopic (exact) mass is 351 g/mol. The fourth-order valence-corrected chi connectivity index (χ4v) is 1.65. The van der Waals surface area contributed by atoms with Gasteiger partial charge in [0, 0.05) is 17.1 Å². The summed E-state index contributed by atoms with van der Waals surface area (Å²) >= 11 is 2.70. The molecule has 0 fully saturated rings. The Morgan fingerprint density at radius 2 is 1.84 bits per heavy atom. The quantitative estimate of drug-likeness (QED) is 0.473. The van der Waals surface area contributed by atoms with Crippen molar-refractivity contribution in [3.8, 4) is 5.75 Å². The van der Waals surface area contributed by atoms with Gasteiger partial charge in [-0.2, -0.15) is 13.2 Å². The molecule has 1 heterocycles. The number of ether oxygens (including phenoxy) is 1. The number of carbonyl (C=O) groups is 1. The number of nitrogens with zero attached hydrogens (tertiary/aromatic N) is 1. The van der Waals surface area contributed by atoms with Gasteiger partial charge in [0.2, 0.25) is 0 Å². The van der Waals surface area contributed by atoms with E-state index in [1.807, 2.05) is 0 Å². The predicted octanol–water partition coefficient (Wildman–Crippen LogP) is 3.71. The molecule has 10 heteroatoms. The Kier molecular flexibility index (Phi) is 4.43. The second-order valence-electron chi connectivity index (χ2n) is 3.16. The normalized spacial score (nSPS) is 12.4. The number of hydrogen-bond donors (Lipinski definition) is 0. The molecule has 1 rings (SSSR count). The minimum atomic E-state index is -5.33. The van der Waals surface area contributed by atoms with Crippen LogP contribution in [-0.2, 0) is 11.5 Å². The highest BCUT2D eigenvalue weighted by Crippen LogP contribution is 2.42. The third-order valence-corrected chi connectivity index (χ3v) is 2.42. The minimum Gasteiger partial charge on any atom is -0.403 e. The van der Waals surface area contributed by atoms with E-state index in [0.29, 0.717) is 6.20 Å². The first kappa shape index (κ1) is 15.7. The zero-order valence-electron chi connectivity index (χ0n) is 8.77. The first-order valence-electron chi connectivity index (χ1n) is 4.46. The van der Waals surface area contributed by atoms with E-state index in [2.05, 4.69) is 25.7 Å². The molecule has 0 atom stereocenters. The van der Waals surface area contributed by atoms with E-state index in [1.165, 1.54) is 0 Å². The number of rotatable bonds is 3. The molecule has 0 radical (unpaired) electrons. The standard InChI is InChI=1S/C9H4BrF6NO2/c10-1-5-7(19-9(14,15)16)6(8(11,12)13)4(3-18)2-17-5/h2-3H,1H2. The van der Waals surface area contributed by atoms with Gasteiger partial charge < -0.3 is 4.74 Å². The Hall–Kier alpha value is -1.32. The molecule has 0 bridgehead atoms. The molecule has 0 aliphatic carbocycles. The lowest BCUT2D eigenvalue weighted by atomic mass is 10.1. The van der Waals surface area contributed by atoms with Crippen molar-refractivity contribution in [1.82, 2.24) is 4.98 Å². The highest BCUT2D eigenvalue weighted by Gasteiger charge is 2.43. The van der Waals surface area contributed by atoms with Crippen LogP contribution in [0.5, 0.6) is 5.75 Å². The molecule has 3 nitrogen and oxygen atoms in total. The summed E-state index contributed by atoms with van der Waals surface area (Å²) in [5, 5.41) is -0.402. The van der Waals surface area contributed by atoms with Gasteiger partial charge in [-0.3, -0.25) is 9.78 Å². The molecule has 1 aromatic heterocycles. The van der Waals surface area contributed by atoms with E-state index in [1.54, 1.807) is 0 Å². The summed E-state index contributed by atoms with van der Waals surface area (Å²) < 4.78 is 78.0. The third kappa shape index (κ3) is 3.82. The summed E-state index contributed by atoms with van der Waals surface area (Å²) in [6, 6.07) is 0. The number of aromatic nitrogens is 1. The van der Waals surface area contributed by atoms with Crippen molar-refractivity contribution in [2.24, 2.45) is 0 Å². The molecule has 0 saturated heterocycles. The summed E-state index contributed by atoms with van der Waals surface area (Å²) in [7, 11) is 0. The number of hydrogen-bond acceptors (Lipinski definition) is 3. The summed E-state index contributed by atoms with van der Waals surface area (Å²) in [6.45, 7) is 0. The van der Waals surface area contributed by atoms with Gasteiger partial charge in [-0.25, -0.2) is 0 Å². The molecule has 0 spiro atoms.